The summed E-state index contributed by atoms with van der Waals surface area (Å²) in [5, 5.41) is 3.20. The number of halogens is 3. The van der Waals surface area contributed by atoms with Crippen molar-refractivity contribution < 1.29 is 35.9 Å². The number of hydrogen-bond donors (Lipinski definition) is 1. The Hall–Kier alpha value is -3.68. The maximum Gasteiger partial charge on any atom is 0.399 e. The van der Waals surface area contributed by atoms with Crippen molar-refractivity contribution in [3.8, 4) is 11.6 Å². The number of sulfonamides is 1. The van der Waals surface area contributed by atoms with Crippen molar-refractivity contribution in [2.75, 3.05) is 14.2 Å². The van der Waals surface area contributed by atoms with Crippen molar-refractivity contribution in [1.29, 1.82) is 0 Å². The predicted molar refractivity (Wildman–Crippen MR) is 117 cm³/mol. The minimum absolute atomic E-state index is 0.0650. The number of aromatic nitrogens is 4. The number of alkyl halides is 3. The van der Waals surface area contributed by atoms with Gasteiger partial charge in [0, 0.05) is 18.0 Å². The summed E-state index contributed by atoms with van der Waals surface area (Å²) >= 11 is 0. The molecule has 1 amide bonds. The number of ether oxygens (including phenoxy) is 2. The molecule has 188 valence electrons. The van der Waals surface area contributed by atoms with Crippen LogP contribution < -0.4 is 14.2 Å². The summed E-state index contributed by atoms with van der Waals surface area (Å²) in [7, 11) is -2.30. The second kappa shape index (κ2) is 9.52. The molecule has 3 aromatic rings. The van der Waals surface area contributed by atoms with Crippen molar-refractivity contribution in [1.82, 2.24) is 24.5 Å². The summed E-state index contributed by atoms with van der Waals surface area (Å²) in [5.74, 6) is -1.42. The first-order chi connectivity index (χ1) is 16.3. The Morgan fingerprint density at radius 2 is 1.80 bits per heavy atom. The van der Waals surface area contributed by atoms with Gasteiger partial charge in [-0.2, -0.15) is 26.7 Å². The van der Waals surface area contributed by atoms with Gasteiger partial charge in [0.05, 0.1) is 26.5 Å². The van der Waals surface area contributed by atoms with E-state index in [1.165, 1.54) is 19.2 Å². The van der Waals surface area contributed by atoms with E-state index in [4.69, 9.17) is 9.47 Å². The van der Waals surface area contributed by atoms with E-state index in [2.05, 4.69) is 15.1 Å². The number of methoxy groups -OCH3 is 2. The van der Waals surface area contributed by atoms with Gasteiger partial charge in [0.2, 0.25) is 10.9 Å². The lowest BCUT2D eigenvalue weighted by Crippen LogP contribution is -2.38. The maximum absolute atomic E-state index is 13.5. The summed E-state index contributed by atoms with van der Waals surface area (Å²) in [4.78, 5) is 20.4. The third-order valence-electron chi connectivity index (χ3n) is 5.13. The molecule has 0 unspecified atom stereocenters. The molecule has 0 radical (unpaired) electrons. The Bertz CT molecular complexity index is 1330. The number of pyridine rings is 2. The van der Waals surface area contributed by atoms with E-state index in [-0.39, 0.29) is 23.9 Å². The molecule has 3 rings (SSSR count). The minimum Gasteiger partial charge on any atom is -0.494 e. The predicted octanol–water partition coefficient (Wildman–Crippen LogP) is 2.70. The third kappa shape index (κ3) is 5.37. The number of carbonyl (C=O) groups excluding carboxylic acids is 1. The maximum atomic E-state index is 13.5. The molecule has 0 saturated heterocycles. The number of rotatable bonds is 8. The molecular weight excluding hydrogens is 491 g/mol. The molecule has 0 aliphatic carbocycles. The van der Waals surface area contributed by atoms with Crippen LogP contribution in [-0.4, -0.2) is 54.5 Å². The highest BCUT2D eigenvalue weighted by molar-refractivity contribution is 7.90. The van der Waals surface area contributed by atoms with Crippen LogP contribution in [-0.2, 0) is 22.0 Å². The summed E-state index contributed by atoms with van der Waals surface area (Å²) in [6.07, 6.45) is -1.42. The Morgan fingerprint density at radius 1 is 1.09 bits per heavy atom. The zero-order valence-corrected chi connectivity index (χ0v) is 19.9. The van der Waals surface area contributed by atoms with Crippen LogP contribution in [0.3, 0.4) is 0 Å². The van der Waals surface area contributed by atoms with E-state index in [0.29, 0.717) is 5.56 Å². The second-order valence-electron chi connectivity index (χ2n) is 7.83. The van der Waals surface area contributed by atoms with Crippen LogP contribution in [0, 0.1) is 0 Å². The quantitative estimate of drug-likeness (QED) is 0.488. The summed E-state index contributed by atoms with van der Waals surface area (Å²) < 4.78 is 79.8. The van der Waals surface area contributed by atoms with Crippen LogP contribution in [0.15, 0.2) is 47.8 Å². The SMILES string of the molecule is COc1ccc(C(C)(C)C(F)(F)F)nc1S(=O)(=O)NC(=O)c1ccc(Cn2cccn2)c(OC)n1. The lowest BCUT2D eigenvalue weighted by atomic mass is 9.88. The van der Waals surface area contributed by atoms with Crippen LogP contribution in [0.1, 0.15) is 35.6 Å². The number of hydrogen-bond acceptors (Lipinski definition) is 8. The Morgan fingerprint density at radius 3 is 2.37 bits per heavy atom. The smallest absolute Gasteiger partial charge is 0.399 e. The summed E-state index contributed by atoms with van der Waals surface area (Å²) in [5.41, 5.74) is -2.77. The van der Waals surface area contributed by atoms with Gasteiger partial charge in [0.15, 0.2) is 5.75 Å². The monoisotopic (exact) mass is 513 g/mol. The molecule has 0 fully saturated rings. The highest BCUT2D eigenvalue weighted by atomic mass is 32.2. The highest BCUT2D eigenvalue weighted by Gasteiger charge is 2.50. The van der Waals surface area contributed by atoms with Gasteiger partial charge in [-0.15, -0.1) is 0 Å². The Balaban J connectivity index is 1.92. The zero-order chi connectivity index (χ0) is 26.0. The molecule has 0 bridgehead atoms. The molecule has 10 nitrogen and oxygen atoms in total. The first kappa shape index (κ1) is 25.9. The van der Waals surface area contributed by atoms with Gasteiger partial charge < -0.3 is 9.47 Å². The Labute approximate surface area is 199 Å². The minimum atomic E-state index is -4.75. The standard InChI is InChI=1S/C21H22F3N5O5S/c1-20(2,21(22,23)24)16-9-8-15(33-3)19(27-16)35(31,32)28-17(30)14-7-6-13(18(26-14)34-4)12-29-11-5-10-25-29/h5-11H,12H2,1-4H3,(H,28,30). The summed E-state index contributed by atoms with van der Waals surface area (Å²) in [6.45, 7) is 2.00. The van der Waals surface area contributed by atoms with E-state index < -0.39 is 38.2 Å². The van der Waals surface area contributed by atoms with Gasteiger partial charge in [-0.1, -0.05) is 0 Å². The fourth-order valence-electron chi connectivity index (χ4n) is 2.95. The topological polar surface area (TPSA) is 125 Å². The molecule has 0 aromatic carbocycles. The van der Waals surface area contributed by atoms with E-state index in [0.717, 1.165) is 33.1 Å². The molecular formula is C21H22F3N5O5S. The van der Waals surface area contributed by atoms with E-state index >= 15 is 0 Å². The highest BCUT2D eigenvalue weighted by Crippen LogP contribution is 2.40. The van der Waals surface area contributed by atoms with Gasteiger partial charge in [-0.05, 0) is 44.2 Å². The van der Waals surface area contributed by atoms with Gasteiger partial charge in [0.25, 0.3) is 15.9 Å². The largest absolute Gasteiger partial charge is 0.494 e. The normalized spacial score (nSPS) is 12.3. The van der Waals surface area contributed by atoms with Crippen molar-refractivity contribution in [3.63, 3.8) is 0 Å². The molecule has 14 heteroatoms. The first-order valence-corrected chi connectivity index (χ1v) is 11.5. The fraction of sp³-hybridized carbons (Fsp3) is 0.333. The molecule has 35 heavy (non-hydrogen) atoms. The van der Waals surface area contributed by atoms with Crippen molar-refractivity contribution in [2.45, 2.75) is 37.0 Å². The number of nitrogens with zero attached hydrogens (tertiary/aromatic N) is 4. The molecule has 0 spiro atoms. The Kier molecular flexibility index (Phi) is 7.06. The second-order valence-corrected chi connectivity index (χ2v) is 9.43. The van der Waals surface area contributed by atoms with Crippen LogP contribution in [0.25, 0.3) is 0 Å². The lowest BCUT2D eigenvalue weighted by molar-refractivity contribution is -0.181. The number of amides is 1. The molecule has 0 aliphatic rings. The van der Waals surface area contributed by atoms with Crippen LogP contribution in [0.2, 0.25) is 0 Å². The molecule has 0 aliphatic heterocycles. The molecule has 0 saturated carbocycles. The molecule has 1 N–H and O–H groups in total. The average Bonchev–Trinajstić information content (AvgIpc) is 3.30. The van der Waals surface area contributed by atoms with E-state index in [1.54, 1.807) is 27.9 Å². The van der Waals surface area contributed by atoms with Crippen molar-refractivity contribution >= 4 is 15.9 Å². The average molecular weight is 513 g/mol. The van der Waals surface area contributed by atoms with Gasteiger partial charge in [-0.3, -0.25) is 9.48 Å². The number of nitrogens with one attached hydrogen (secondary N) is 1. The molecule has 3 aromatic heterocycles. The van der Waals surface area contributed by atoms with Crippen LogP contribution >= 0.6 is 0 Å². The van der Waals surface area contributed by atoms with Gasteiger partial charge in [0.1, 0.15) is 11.1 Å². The lowest BCUT2D eigenvalue weighted by Gasteiger charge is -2.27. The van der Waals surface area contributed by atoms with E-state index in [1.807, 2.05) is 0 Å². The fourth-order valence-corrected chi connectivity index (χ4v) is 4.03. The van der Waals surface area contributed by atoms with Crippen LogP contribution in [0.5, 0.6) is 11.6 Å². The van der Waals surface area contributed by atoms with Crippen molar-refractivity contribution in [3.05, 3.63) is 59.7 Å². The molecule has 3 heterocycles. The molecule has 0 atom stereocenters. The van der Waals surface area contributed by atoms with Crippen molar-refractivity contribution in [2.24, 2.45) is 0 Å². The first-order valence-electron chi connectivity index (χ1n) is 10.0. The van der Waals surface area contributed by atoms with Crippen LogP contribution in [0.4, 0.5) is 13.2 Å². The number of carbonyl (C=O) groups is 1. The van der Waals surface area contributed by atoms with Gasteiger partial charge >= 0.3 is 6.18 Å². The zero-order valence-electron chi connectivity index (χ0n) is 19.1. The van der Waals surface area contributed by atoms with Gasteiger partial charge in [-0.25, -0.2) is 14.7 Å². The van der Waals surface area contributed by atoms with E-state index in [9.17, 15) is 26.4 Å². The third-order valence-corrected chi connectivity index (χ3v) is 6.39. The summed E-state index contributed by atoms with van der Waals surface area (Å²) in [6, 6.07) is 6.57.